The van der Waals surface area contributed by atoms with Crippen LogP contribution in [0.2, 0.25) is 0 Å². The lowest BCUT2D eigenvalue weighted by Crippen LogP contribution is -2.37. The third-order valence-electron chi connectivity index (χ3n) is 2.44. The number of carbonyl (C=O) groups excluding carboxylic acids is 1. The summed E-state index contributed by atoms with van der Waals surface area (Å²) in [7, 11) is 1.61. The van der Waals surface area contributed by atoms with Crippen molar-refractivity contribution < 1.29 is 14.3 Å². The van der Waals surface area contributed by atoms with Crippen LogP contribution in [0.15, 0.2) is 24.3 Å². The monoisotopic (exact) mass is 266 g/mol. The van der Waals surface area contributed by atoms with Crippen molar-refractivity contribution in [1.29, 1.82) is 0 Å². The molecule has 1 atom stereocenters. The van der Waals surface area contributed by atoms with Gasteiger partial charge in [-0.1, -0.05) is 12.1 Å². The molecule has 19 heavy (non-hydrogen) atoms. The molecule has 0 radical (unpaired) electrons. The summed E-state index contributed by atoms with van der Waals surface area (Å²) in [4.78, 5) is 11.7. The average molecular weight is 266 g/mol. The first kappa shape index (κ1) is 15.3. The Hall–Kier alpha value is -1.75. The van der Waals surface area contributed by atoms with E-state index < -0.39 is 11.7 Å². The summed E-state index contributed by atoms with van der Waals surface area (Å²) < 4.78 is 10.3. The van der Waals surface area contributed by atoms with Crippen molar-refractivity contribution in [2.45, 2.75) is 32.4 Å². The normalized spacial score (nSPS) is 12.7. The number of rotatable bonds is 4. The van der Waals surface area contributed by atoms with Crippen LogP contribution in [-0.4, -0.2) is 25.3 Å². The van der Waals surface area contributed by atoms with Gasteiger partial charge in [-0.25, -0.2) is 4.79 Å². The number of hydrogen-bond donors (Lipinski definition) is 2. The number of alkyl carbamates (subject to hydrolysis) is 1. The van der Waals surface area contributed by atoms with E-state index in [1.165, 1.54) is 0 Å². The Morgan fingerprint density at radius 3 is 2.32 bits per heavy atom. The molecule has 0 aromatic heterocycles. The first-order valence-corrected chi connectivity index (χ1v) is 6.19. The molecule has 0 unspecified atom stereocenters. The highest BCUT2D eigenvalue weighted by atomic mass is 16.6. The SMILES string of the molecule is COc1ccc([C@@H](CN)NC(=O)OC(C)(C)C)cc1. The van der Waals surface area contributed by atoms with E-state index in [4.69, 9.17) is 15.2 Å². The zero-order valence-corrected chi connectivity index (χ0v) is 11.9. The van der Waals surface area contributed by atoms with Gasteiger partial charge < -0.3 is 20.5 Å². The molecule has 0 aliphatic heterocycles. The van der Waals surface area contributed by atoms with Crippen molar-refractivity contribution in [3.05, 3.63) is 29.8 Å². The van der Waals surface area contributed by atoms with E-state index in [0.29, 0.717) is 6.54 Å². The molecule has 5 heteroatoms. The largest absolute Gasteiger partial charge is 0.497 e. The number of ether oxygens (including phenoxy) is 2. The number of amides is 1. The lowest BCUT2D eigenvalue weighted by atomic mass is 10.1. The predicted octanol–water partition coefficient (Wildman–Crippen LogP) is 2.22. The lowest BCUT2D eigenvalue weighted by molar-refractivity contribution is 0.0505. The summed E-state index contributed by atoms with van der Waals surface area (Å²) in [6.45, 7) is 5.75. The molecule has 0 aliphatic carbocycles. The van der Waals surface area contributed by atoms with Crippen LogP contribution in [0.5, 0.6) is 5.75 Å². The predicted molar refractivity (Wildman–Crippen MR) is 74.2 cm³/mol. The highest BCUT2D eigenvalue weighted by molar-refractivity contribution is 5.68. The molecule has 1 aromatic carbocycles. The van der Waals surface area contributed by atoms with Gasteiger partial charge in [0, 0.05) is 6.54 Å². The summed E-state index contributed by atoms with van der Waals surface area (Å²) >= 11 is 0. The maximum absolute atomic E-state index is 11.7. The van der Waals surface area contributed by atoms with Gasteiger partial charge in [0.1, 0.15) is 11.4 Å². The van der Waals surface area contributed by atoms with Crippen LogP contribution >= 0.6 is 0 Å². The van der Waals surface area contributed by atoms with Crippen LogP contribution in [0, 0.1) is 0 Å². The Morgan fingerprint density at radius 1 is 1.32 bits per heavy atom. The average Bonchev–Trinajstić information content (AvgIpc) is 2.34. The van der Waals surface area contributed by atoms with Gasteiger partial charge in [-0.05, 0) is 38.5 Å². The molecular weight excluding hydrogens is 244 g/mol. The fourth-order valence-corrected chi connectivity index (χ4v) is 1.56. The number of carbonyl (C=O) groups is 1. The topological polar surface area (TPSA) is 73.6 Å². The molecule has 0 spiro atoms. The third-order valence-corrected chi connectivity index (χ3v) is 2.44. The van der Waals surface area contributed by atoms with E-state index in [-0.39, 0.29) is 6.04 Å². The Morgan fingerprint density at radius 2 is 1.89 bits per heavy atom. The Labute approximate surface area is 114 Å². The van der Waals surface area contributed by atoms with E-state index in [2.05, 4.69) is 5.32 Å². The molecule has 0 saturated heterocycles. The second-order valence-electron chi connectivity index (χ2n) is 5.21. The minimum atomic E-state index is -0.525. The van der Waals surface area contributed by atoms with E-state index in [1.807, 2.05) is 45.0 Å². The molecule has 1 rings (SSSR count). The summed E-state index contributed by atoms with van der Waals surface area (Å²) in [5.41, 5.74) is 6.07. The number of methoxy groups -OCH3 is 1. The molecule has 0 fully saturated rings. The molecule has 0 bridgehead atoms. The second-order valence-corrected chi connectivity index (χ2v) is 5.21. The van der Waals surface area contributed by atoms with Gasteiger partial charge in [-0.2, -0.15) is 0 Å². The van der Waals surface area contributed by atoms with Crippen molar-refractivity contribution in [2.24, 2.45) is 5.73 Å². The van der Waals surface area contributed by atoms with Crippen molar-refractivity contribution in [3.63, 3.8) is 0 Å². The van der Waals surface area contributed by atoms with Crippen LogP contribution in [0.3, 0.4) is 0 Å². The van der Waals surface area contributed by atoms with Gasteiger partial charge in [0.05, 0.1) is 13.2 Å². The molecule has 1 amide bonds. The van der Waals surface area contributed by atoms with Gasteiger partial charge in [0.25, 0.3) is 0 Å². The number of nitrogens with one attached hydrogen (secondary N) is 1. The van der Waals surface area contributed by atoms with Gasteiger partial charge in [-0.3, -0.25) is 0 Å². The van der Waals surface area contributed by atoms with Crippen molar-refractivity contribution in [1.82, 2.24) is 5.32 Å². The maximum Gasteiger partial charge on any atom is 0.408 e. The minimum Gasteiger partial charge on any atom is -0.497 e. The lowest BCUT2D eigenvalue weighted by Gasteiger charge is -2.23. The van der Waals surface area contributed by atoms with Crippen LogP contribution in [0.25, 0.3) is 0 Å². The van der Waals surface area contributed by atoms with Crippen molar-refractivity contribution in [2.75, 3.05) is 13.7 Å². The Kier molecular flexibility index (Phi) is 5.18. The summed E-state index contributed by atoms with van der Waals surface area (Å²) in [6, 6.07) is 7.12. The van der Waals surface area contributed by atoms with Gasteiger partial charge in [0.2, 0.25) is 0 Å². The molecular formula is C14H22N2O3. The third kappa shape index (κ3) is 5.18. The first-order valence-electron chi connectivity index (χ1n) is 6.19. The molecule has 5 nitrogen and oxygen atoms in total. The van der Waals surface area contributed by atoms with E-state index >= 15 is 0 Å². The molecule has 106 valence electrons. The van der Waals surface area contributed by atoms with Crippen LogP contribution in [-0.2, 0) is 4.74 Å². The highest BCUT2D eigenvalue weighted by Gasteiger charge is 2.19. The minimum absolute atomic E-state index is 0.277. The van der Waals surface area contributed by atoms with Crippen LogP contribution in [0.1, 0.15) is 32.4 Å². The van der Waals surface area contributed by atoms with E-state index in [0.717, 1.165) is 11.3 Å². The number of nitrogens with two attached hydrogens (primary N) is 1. The maximum atomic E-state index is 11.7. The van der Waals surface area contributed by atoms with Crippen LogP contribution in [0.4, 0.5) is 4.79 Å². The quantitative estimate of drug-likeness (QED) is 0.876. The Bertz CT molecular complexity index is 410. The standard InChI is InChI=1S/C14H22N2O3/c1-14(2,3)19-13(17)16-12(9-15)10-5-7-11(18-4)8-6-10/h5-8,12H,9,15H2,1-4H3,(H,16,17)/t12-/m1/s1. The summed E-state index contributed by atoms with van der Waals surface area (Å²) in [6.07, 6.45) is -0.473. The second kappa shape index (κ2) is 6.43. The Balaban J connectivity index is 2.69. The van der Waals surface area contributed by atoms with Crippen LogP contribution < -0.4 is 15.8 Å². The van der Waals surface area contributed by atoms with E-state index in [1.54, 1.807) is 7.11 Å². The molecule has 0 aliphatic rings. The smallest absolute Gasteiger partial charge is 0.408 e. The van der Waals surface area contributed by atoms with Gasteiger partial charge >= 0.3 is 6.09 Å². The van der Waals surface area contributed by atoms with Gasteiger partial charge in [0.15, 0.2) is 0 Å². The zero-order valence-electron chi connectivity index (χ0n) is 11.9. The fraction of sp³-hybridized carbons (Fsp3) is 0.500. The van der Waals surface area contributed by atoms with E-state index in [9.17, 15) is 4.79 Å². The van der Waals surface area contributed by atoms with Crippen molar-refractivity contribution >= 4 is 6.09 Å². The number of hydrogen-bond acceptors (Lipinski definition) is 4. The molecule has 3 N–H and O–H groups in total. The van der Waals surface area contributed by atoms with Crippen molar-refractivity contribution in [3.8, 4) is 5.75 Å². The highest BCUT2D eigenvalue weighted by Crippen LogP contribution is 2.17. The zero-order chi connectivity index (χ0) is 14.5. The number of benzene rings is 1. The summed E-state index contributed by atoms with van der Waals surface area (Å²) in [5.74, 6) is 0.761. The summed E-state index contributed by atoms with van der Waals surface area (Å²) in [5, 5.41) is 2.75. The first-order chi connectivity index (χ1) is 8.85. The molecule has 0 saturated carbocycles. The molecule has 1 aromatic rings. The molecule has 0 heterocycles. The fourth-order valence-electron chi connectivity index (χ4n) is 1.56. The van der Waals surface area contributed by atoms with Gasteiger partial charge in [-0.15, -0.1) is 0 Å².